The molecule has 4 aromatic rings. The summed E-state index contributed by atoms with van der Waals surface area (Å²) in [6, 6.07) is 15.7. The number of carbonyl (C=O) groups excluding carboxylic acids is 1. The van der Waals surface area contributed by atoms with Crippen LogP contribution in [-0.4, -0.2) is 24.5 Å². The lowest BCUT2D eigenvalue weighted by atomic mass is 10.2. The molecule has 4 rings (SSSR count). The van der Waals surface area contributed by atoms with Crippen molar-refractivity contribution in [2.75, 3.05) is 10.0 Å². The first-order valence-electron chi connectivity index (χ1n) is 8.79. The number of aryl methyl sites for hydroxylation is 1. The van der Waals surface area contributed by atoms with E-state index in [1.807, 2.05) is 6.92 Å². The molecule has 30 heavy (non-hydrogen) atoms. The summed E-state index contributed by atoms with van der Waals surface area (Å²) in [5, 5.41) is 10.0. The summed E-state index contributed by atoms with van der Waals surface area (Å²) in [4.78, 5) is 12.6. The first kappa shape index (κ1) is 19.4. The molecular formula is C20H16N4O5S. The van der Waals surface area contributed by atoms with Crippen LogP contribution in [0.4, 0.5) is 11.7 Å². The molecule has 0 spiro atoms. The molecule has 0 radical (unpaired) electrons. The molecule has 2 aromatic carbocycles. The molecule has 0 saturated heterocycles. The van der Waals surface area contributed by atoms with E-state index in [1.54, 1.807) is 36.4 Å². The second-order valence-corrected chi connectivity index (χ2v) is 8.03. The summed E-state index contributed by atoms with van der Waals surface area (Å²) in [5.41, 5.74) is 1.39. The molecule has 0 saturated carbocycles. The van der Waals surface area contributed by atoms with Crippen molar-refractivity contribution < 1.29 is 22.0 Å². The Labute approximate surface area is 171 Å². The summed E-state index contributed by atoms with van der Waals surface area (Å²) in [5.74, 6) is -0.0496. The molecule has 152 valence electrons. The van der Waals surface area contributed by atoms with Crippen LogP contribution in [0, 0.1) is 6.92 Å². The van der Waals surface area contributed by atoms with Gasteiger partial charge in [-0.1, -0.05) is 28.9 Å². The monoisotopic (exact) mass is 424 g/mol. The average molecular weight is 424 g/mol. The van der Waals surface area contributed by atoms with Crippen LogP contribution in [0.2, 0.25) is 0 Å². The van der Waals surface area contributed by atoms with Gasteiger partial charge in [0.1, 0.15) is 0 Å². The van der Waals surface area contributed by atoms with Crippen LogP contribution in [0.3, 0.4) is 0 Å². The van der Waals surface area contributed by atoms with Gasteiger partial charge in [-0.2, -0.15) is 0 Å². The van der Waals surface area contributed by atoms with Crippen molar-refractivity contribution in [1.29, 1.82) is 0 Å². The zero-order valence-corrected chi connectivity index (χ0v) is 16.5. The summed E-state index contributed by atoms with van der Waals surface area (Å²) in [6.45, 7) is 1.87. The van der Waals surface area contributed by atoms with Crippen molar-refractivity contribution in [1.82, 2.24) is 10.2 Å². The van der Waals surface area contributed by atoms with E-state index in [9.17, 15) is 13.2 Å². The van der Waals surface area contributed by atoms with Gasteiger partial charge in [-0.15, -0.1) is 5.10 Å². The van der Waals surface area contributed by atoms with Crippen LogP contribution in [-0.2, 0) is 10.0 Å². The zero-order chi connectivity index (χ0) is 21.1. The van der Waals surface area contributed by atoms with Gasteiger partial charge in [0.2, 0.25) is 0 Å². The second-order valence-electron chi connectivity index (χ2n) is 6.34. The van der Waals surface area contributed by atoms with Gasteiger partial charge >= 0.3 is 6.01 Å². The third-order valence-electron chi connectivity index (χ3n) is 4.09. The molecular weight excluding hydrogens is 408 g/mol. The molecule has 2 N–H and O–H groups in total. The maximum Gasteiger partial charge on any atom is 0.322 e. The van der Waals surface area contributed by atoms with E-state index in [4.69, 9.17) is 8.83 Å². The number of sulfonamides is 1. The first-order valence-corrected chi connectivity index (χ1v) is 10.3. The molecule has 0 bridgehead atoms. The standard InChI is InChI=1S/C20H16N4O5S/c1-13-7-9-16(10-8-13)30(26,27)24-15-5-2-4-14(12-15)18(25)21-20-23-22-19(29-20)17-6-3-11-28-17/h2-12,24H,1H3,(H,21,23,25). The van der Waals surface area contributed by atoms with Crippen LogP contribution < -0.4 is 10.0 Å². The summed E-state index contributed by atoms with van der Waals surface area (Å²) in [6.07, 6.45) is 1.46. The summed E-state index contributed by atoms with van der Waals surface area (Å²) < 4.78 is 38.0. The molecule has 0 atom stereocenters. The normalized spacial score (nSPS) is 11.2. The topological polar surface area (TPSA) is 127 Å². The summed E-state index contributed by atoms with van der Waals surface area (Å²) >= 11 is 0. The minimum Gasteiger partial charge on any atom is -0.459 e. The molecule has 0 fully saturated rings. The van der Waals surface area contributed by atoms with Crippen LogP contribution >= 0.6 is 0 Å². The maximum absolute atomic E-state index is 12.5. The Hall–Kier alpha value is -3.92. The summed E-state index contributed by atoms with van der Waals surface area (Å²) in [7, 11) is -3.79. The van der Waals surface area contributed by atoms with Crippen molar-refractivity contribution in [3.8, 4) is 11.7 Å². The fourth-order valence-electron chi connectivity index (χ4n) is 2.60. The number of amides is 1. The van der Waals surface area contributed by atoms with Crippen molar-refractivity contribution >= 4 is 27.6 Å². The Balaban J connectivity index is 1.49. The smallest absolute Gasteiger partial charge is 0.322 e. The van der Waals surface area contributed by atoms with E-state index < -0.39 is 15.9 Å². The van der Waals surface area contributed by atoms with E-state index in [0.29, 0.717) is 5.76 Å². The van der Waals surface area contributed by atoms with E-state index in [1.165, 1.54) is 30.5 Å². The van der Waals surface area contributed by atoms with E-state index >= 15 is 0 Å². The van der Waals surface area contributed by atoms with E-state index in [2.05, 4.69) is 20.2 Å². The highest BCUT2D eigenvalue weighted by Crippen LogP contribution is 2.21. The quantitative estimate of drug-likeness (QED) is 0.483. The number of anilines is 2. The number of carbonyl (C=O) groups is 1. The highest BCUT2D eigenvalue weighted by molar-refractivity contribution is 7.92. The fourth-order valence-corrected chi connectivity index (χ4v) is 3.65. The molecule has 9 nitrogen and oxygen atoms in total. The van der Waals surface area contributed by atoms with Gasteiger partial charge in [-0.05, 0) is 49.4 Å². The molecule has 2 aromatic heterocycles. The number of hydrogen-bond donors (Lipinski definition) is 2. The number of aromatic nitrogens is 2. The Morgan fingerprint density at radius 1 is 1.00 bits per heavy atom. The highest BCUT2D eigenvalue weighted by atomic mass is 32.2. The molecule has 0 aliphatic heterocycles. The predicted molar refractivity (Wildman–Crippen MR) is 108 cm³/mol. The second kappa shape index (κ2) is 7.84. The molecule has 10 heteroatoms. The van der Waals surface area contributed by atoms with Crippen LogP contribution in [0.1, 0.15) is 15.9 Å². The average Bonchev–Trinajstić information content (AvgIpc) is 3.40. The Bertz CT molecular complexity index is 1280. The van der Waals surface area contributed by atoms with E-state index in [-0.39, 0.29) is 28.1 Å². The van der Waals surface area contributed by atoms with Crippen molar-refractivity contribution in [3.63, 3.8) is 0 Å². The largest absolute Gasteiger partial charge is 0.459 e. The van der Waals surface area contributed by atoms with Gasteiger partial charge in [0, 0.05) is 11.3 Å². The van der Waals surface area contributed by atoms with Gasteiger partial charge in [0.15, 0.2) is 5.76 Å². The third kappa shape index (κ3) is 4.23. The zero-order valence-electron chi connectivity index (χ0n) is 15.7. The van der Waals surface area contributed by atoms with Crippen molar-refractivity contribution in [2.45, 2.75) is 11.8 Å². The third-order valence-corrected chi connectivity index (χ3v) is 5.48. The van der Waals surface area contributed by atoms with Crippen molar-refractivity contribution in [3.05, 3.63) is 78.1 Å². The number of furan rings is 1. The SMILES string of the molecule is Cc1ccc(S(=O)(=O)Nc2cccc(C(=O)Nc3nnc(-c4ccco4)o3)c2)cc1. The predicted octanol–water partition coefficient (Wildman–Crippen LogP) is 3.69. The first-order chi connectivity index (χ1) is 14.4. The molecule has 0 aliphatic carbocycles. The lowest BCUT2D eigenvalue weighted by molar-refractivity contribution is 0.102. The Morgan fingerprint density at radius 3 is 2.53 bits per heavy atom. The lowest BCUT2D eigenvalue weighted by Gasteiger charge is -2.09. The number of benzene rings is 2. The number of nitrogens with zero attached hydrogens (tertiary/aromatic N) is 2. The Kier molecular flexibility index (Phi) is 5.07. The van der Waals surface area contributed by atoms with Crippen LogP contribution in [0.15, 0.2) is 80.7 Å². The number of rotatable bonds is 6. The van der Waals surface area contributed by atoms with Gasteiger partial charge in [0.05, 0.1) is 11.2 Å². The molecule has 2 heterocycles. The molecule has 1 amide bonds. The number of nitrogens with one attached hydrogen (secondary N) is 2. The molecule has 0 aliphatic rings. The van der Waals surface area contributed by atoms with Gasteiger partial charge in [-0.25, -0.2) is 8.42 Å². The van der Waals surface area contributed by atoms with Gasteiger partial charge in [0.25, 0.3) is 21.8 Å². The minimum atomic E-state index is -3.79. The van der Waals surface area contributed by atoms with Crippen LogP contribution in [0.25, 0.3) is 11.7 Å². The van der Waals surface area contributed by atoms with Gasteiger partial charge in [-0.3, -0.25) is 14.8 Å². The fraction of sp³-hybridized carbons (Fsp3) is 0.0500. The minimum absolute atomic E-state index is 0.114. The Morgan fingerprint density at radius 2 is 1.80 bits per heavy atom. The molecule has 0 unspecified atom stereocenters. The lowest BCUT2D eigenvalue weighted by Crippen LogP contribution is -2.15. The van der Waals surface area contributed by atoms with Crippen molar-refractivity contribution in [2.24, 2.45) is 0 Å². The number of hydrogen-bond acceptors (Lipinski definition) is 7. The van der Waals surface area contributed by atoms with Gasteiger partial charge < -0.3 is 8.83 Å². The van der Waals surface area contributed by atoms with Crippen LogP contribution in [0.5, 0.6) is 0 Å². The van der Waals surface area contributed by atoms with E-state index in [0.717, 1.165) is 5.56 Å². The maximum atomic E-state index is 12.5. The highest BCUT2D eigenvalue weighted by Gasteiger charge is 2.17.